The van der Waals surface area contributed by atoms with Gasteiger partial charge in [-0.1, -0.05) is 6.07 Å². The van der Waals surface area contributed by atoms with Crippen LogP contribution in [0.5, 0.6) is 0 Å². The molecule has 1 aromatic heterocycles. The van der Waals surface area contributed by atoms with Crippen LogP contribution in [-0.2, 0) is 9.48 Å². The molecule has 0 bridgehead atoms. The zero-order chi connectivity index (χ0) is 13.5. The molecule has 2 heterocycles. The van der Waals surface area contributed by atoms with Crippen molar-refractivity contribution in [3.05, 3.63) is 29.6 Å². The summed E-state index contributed by atoms with van der Waals surface area (Å²) < 4.78 is 4.84. The number of carbonyl (C=O) groups excluding carboxylic acids is 1. The number of hydrogen-bond donors (Lipinski definition) is 1. The Balaban J connectivity index is 2.13. The lowest BCUT2D eigenvalue weighted by Crippen LogP contribution is -2.14. The summed E-state index contributed by atoms with van der Waals surface area (Å²) in [5, 5.41) is 0. The number of hydrogen-bond acceptors (Lipinski definition) is 4. The molecule has 0 spiro atoms. The highest BCUT2D eigenvalue weighted by atomic mass is 32.2. The number of H-pyrrole nitrogens is 1. The molecule has 0 aliphatic carbocycles. The normalized spacial score (nSPS) is 22.8. The molecular weight excluding hydrogens is 260 g/mol. The quantitative estimate of drug-likeness (QED) is 0.856. The smallest absolute Gasteiger partial charge is 0.340 e. The number of nitrogens with zero attached hydrogens (tertiary/aromatic N) is 1. The number of fused-ring (bicyclic) bond motifs is 1. The van der Waals surface area contributed by atoms with Crippen molar-refractivity contribution in [3.8, 4) is 0 Å². The zero-order valence-corrected chi connectivity index (χ0v) is 11.8. The van der Waals surface area contributed by atoms with Crippen molar-refractivity contribution in [2.75, 3.05) is 12.9 Å². The molecule has 4 nitrogen and oxygen atoms in total. The number of benzene rings is 1. The van der Waals surface area contributed by atoms with Gasteiger partial charge in [0, 0.05) is 0 Å². The molecule has 1 aromatic carbocycles. The molecule has 2 aromatic rings. The molecule has 1 atom stereocenters. The zero-order valence-electron chi connectivity index (χ0n) is 11.0. The van der Waals surface area contributed by atoms with Crippen LogP contribution in [0.15, 0.2) is 18.2 Å². The second kappa shape index (κ2) is 4.56. The monoisotopic (exact) mass is 276 g/mol. The van der Waals surface area contributed by atoms with E-state index in [9.17, 15) is 4.79 Å². The number of ether oxygens (including phenoxy) is 1. The molecular formula is C14H16N2O2S. The van der Waals surface area contributed by atoms with Crippen molar-refractivity contribution >= 4 is 28.8 Å². The van der Waals surface area contributed by atoms with Crippen LogP contribution in [-0.4, -0.2) is 28.8 Å². The average Bonchev–Trinajstić information content (AvgIpc) is 3.04. The van der Waals surface area contributed by atoms with E-state index in [-0.39, 0.29) is 10.7 Å². The summed E-state index contributed by atoms with van der Waals surface area (Å²) in [6.07, 6.45) is 2.33. The van der Waals surface area contributed by atoms with Crippen LogP contribution in [0.1, 0.15) is 35.9 Å². The lowest BCUT2D eigenvalue weighted by Gasteiger charge is -2.19. The van der Waals surface area contributed by atoms with Crippen molar-refractivity contribution in [1.29, 1.82) is 0 Å². The fourth-order valence-corrected chi connectivity index (χ4v) is 3.78. The Morgan fingerprint density at radius 3 is 3.05 bits per heavy atom. The highest BCUT2D eigenvalue weighted by Gasteiger charge is 2.34. The molecule has 0 saturated carbocycles. The molecule has 1 N–H and O–H groups in total. The summed E-state index contributed by atoms with van der Waals surface area (Å²) in [6.45, 7) is 2.21. The van der Waals surface area contributed by atoms with Gasteiger partial charge in [-0.15, -0.1) is 11.8 Å². The number of thioether (sulfide) groups is 1. The van der Waals surface area contributed by atoms with Crippen LogP contribution < -0.4 is 0 Å². The number of methoxy groups -OCH3 is 1. The first-order valence-corrected chi connectivity index (χ1v) is 7.34. The standard InChI is InChI=1S/C14H16N2O2S/c1-14(7-4-8-19-14)13-15-10-6-3-5-9(11(10)16-13)12(17)18-2/h3,5-6H,4,7-8H2,1-2H3,(H,15,16). The van der Waals surface area contributed by atoms with Gasteiger partial charge in [0.2, 0.25) is 0 Å². The van der Waals surface area contributed by atoms with Crippen LogP contribution in [0.2, 0.25) is 0 Å². The second-order valence-corrected chi connectivity index (χ2v) is 6.56. The first-order valence-electron chi connectivity index (χ1n) is 6.35. The number of aromatic nitrogens is 2. The van der Waals surface area contributed by atoms with Gasteiger partial charge in [0.15, 0.2) is 0 Å². The van der Waals surface area contributed by atoms with Crippen molar-refractivity contribution in [2.24, 2.45) is 0 Å². The van der Waals surface area contributed by atoms with E-state index in [1.807, 2.05) is 23.9 Å². The lowest BCUT2D eigenvalue weighted by atomic mass is 10.1. The molecule has 1 fully saturated rings. The Labute approximate surface area is 115 Å². The summed E-state index contributed by atoms with van der Waals surface area (Å²) >= 11 is 1.92. The Morgan fingerprint density at radius 1 is 1.53 bits per heavy atom. The molecule has 100 valence electrons. The fraction of sp³-hybridized carbons (Fsp3) is 0.429. The lowest BCUT2D eigenvalue weighted by molar-refractivity contribution is 0.0603. The van der Waals surface area contributed by atoms with Gasteiger partial charge in [-0.2, -0.15) is 0 Å². The van der Waals surface area contributed by atoms with Gasteiger partial charge in [0.25, 0.3) is 0 Å². The maximum atomic E-state index is 11.8. The molecule has 1 aliphatic rings. The van der Waals surface area contributed by atoms with Crippen LogP contribution >= 0.6 is 11.8 Å². The Morgan fingerprint density at radius 2 is 2.37 bits per heavy atom. The number of imidazole rings is 1. The summed E-state index contributed by atoms with van der Waals surface area (Å²) in [5.41, 5.74) is 2.12. The van der Waals surface area contributed by atoms with Crippen molar-refractivity contribution < 1.29 is 9.53 Å². The number of aromatic amines is 1. The molecule has 1 saturated heterocycles. The molecule has 3 rings (SSSR count). The van der Waals surface area contributed by atoms with E-state index < -0.39 is 0 Å². The minimum atomic E-state index is -0.340. The van der Waals surface area contributed by atoms with E-state index in [1.54, 1.807) is 6.07 Å². The first kappa shape index (κ1) is 12.5. The van der Waals surface area contributed by atoms with Gasteiger partial charge < -0.3 is 9.72 Å². The van der Waals surface area contributed by atoms with Crippen molar-refractivity contribution in [3.63, 3.8) is 0 Å². The molecule has 19 heavy (non-hydrogen) atoms. The number of rotatable bonds is 2. The minimum Gasteiger partial charge on any atom is -0.465 e. The highest BCUT2D eigenvalue weighted by molar-refractivity contribution is 8.00. The van der Waals surface area contributed by atoms with Gasteiger partial charge in [-0.05, 0) is 37.7 Å². The molecule has 1 aliphatic heterocycles. The summed E-state index contributed by atoms with van der Waals surface area (Å²) in [5.74, 6) is 1.78. The predicted molar refractivity (Wildman–Crippen MR) is 76.5 cm³/mol. The van der Waals surface area contributed by atoms with Crippen LogP contribution in [0.3, 0.4) is 0 Å². The first-order chi connectivity index (χ1) is 9.14. The third kappa shape index (κ3) is 2.02. The summed E-state index contributed by atoms with van der Waals surface area (Å²) in [7, 11) is 1.39. The number of carbonyl (C=O) groups is 1. The van der Waals surface area contributed by atoms with E-state index in [0.717, 1.165) is 23.5 Å². The highest BCUT2D eigenvalue weighted by Crippen LogP contribution is 2.45. The topological polar surface area (TPSA) is 55.0 Å². The van der Waals surface area contributed by atoms with Crippen molar-refractivity contribution in [2.45, 2.75) is 24.5 Å². The second-order valence-electron chi connectivity index (χ2n) is 4.96. The van der Waals surface area contributed by atoms with E-state index in [4.69, 9.17) is 4.74 Å². The maximum absolute atomic E-state index is 11.8. The van der Waals surface area contributed by atoms with E-state index >= 15 is 0 Å². The number of para-hydroxylation sites is 1. The minimum absolute atomic E-state index is 0.0341. The SMILES string of the molecule is COC(=O)c1cccc2[nH]c(C3(C)CCCS3)nc12. The van der Waals surface area contributed by atoms with Gasteiger partial charge in [0.05, 0.1) is 22.9 Å². The third-order valence-corrected chi connectivity index (χ3v) is 5.17. The number of nitrogens with one attached hydrogen (secondary N) is 1. The van der Waals surface area contributed by atoms with Crippen molar-refractivity contribution in [1.82, 2.24) is 9.97 Å². The van der Waals surface area contributed by atoms with Gasteiger partial charge >= 0.3 is 5.97 Å². The van der Waals surface area contributed by atoms with Crippen LogP contribution in [0, 0.1) is 0 Å². The van der Waals surface area contributed by atoms with Crippen LogP contribution in [0.4, 0.5) is 0 Å². The molecule has 5 heteroatoms. The Bertz CT molecular complexity index is 629. The predicted octanol–water partition coefficient (Wildman–Crippen LogP) is 3.09. The molecule has 0 amide bonds. The molecule has 1 unspecified atom stereocenters. The Kier molecular flexibility index (Phi) is 3.01. The summed E-state index contributed by atoms with van der Waals surface area (Å²) in [4.78, 5) is 19.8. The molecule has 0 radical (unpaired) electrons. The van der Waals surface area contributed by atoms with Gasteiger partial charge in [-0.25, -0.2) is 9.78 Å². The average molecular weight is 276 g/mol. The fourth-order valence-electron chi connectivity index (χ4n) is 2.52. The van der Waals surface area contributed by atoms with Gasteiger partial charge in [-0.3, -0.25) is 0 Å². The van der Waals surface area contributed by atoms with Gasteiger partial charge in [0.1, 0.15) is 11.3 Å². The van der Waals surface area contributed by atoms with Crippen LogP contribution in [0.25, 0.3) is 11.0 Å². The van der Waals surface area contributed by atoms with E-state index in [2.05, 4.69) is 16.9 Å². The van der Waals surface area contributed by atoms with E-state index in [0.29, 0.717) is 11.1 Å². The largest absolute Gasteiger partial charge is 0.465 e. The van der Waals surface area contributed by atoms with E-state index in [1.165, 1.54) is 13.5 Å². The number of esters is 1. The summed E-state index contributed by atoms with van der Waals surface area (Å²) in [6, 6.07) is 5.55. The Hall–Kier alpha value is -1.49. The third-order valence-electron chi connectivity index (χ3n) is 3.64. The maximum Gasteiger partial charge on any atom is 0.340 e.